The van der Waals surface area contributed by atoms with Crippen molar-refractivity contribution in [3.05, 3.63) is 36.5 Å². The molecular formula is C10H11NO. The quantitative estimate of drug-likeness (QED) is 0.644. The Morgan fingerprint density at radius 2 is 1.92 bits per heavy atom. The predicted molar refractivity (Wildman–Crippen MR) is 50.1 cm³/mol. The maximum atomic E-state index is 9.07. The van der Waals surface area contributed by atoms with E-state index in [0.29, 0.717) is 0 Å². The van der Waals surface area contributed by atoms with Gasteiger partial charge in [-0.2, -0.15) is 0 Å². The summed E-state index contributed by atoms with van der Waals surface area (Å²) in [5, 5.41) is 10.0. The molecule has 2 rings (SSSR count). The number of aromatic nitrogens is 1. The summed E-state index contributed by atoms with van der Waals surface area (Å²) in [5.41, 5.74) is 0.908. The molecule has 0 aliphatic rings. The molecule has 2 nitrogen and oxygen atoms in total. The summed E-state index contributed by atoms with van der Waals surface area (Å²) in [6.07, 6.45) is 1.45. The summed E-state index contributed by atoms with van der Waals surface area (Å²) >= 11 is 0. The van der Waals surface area contributed by atoms with Crippen LogP contribution in [0.15, 0.2) is 36.5 Å². The average Bonchev–Trinajstić information content (AvgIpc) is 2.04. The molecule has 0 radical (unpaired) electrons. The van der Waals surface area contributed by atoms with Gasteiger partial charge in [-0.05, 0) is 12.1 Å². The van der Waals surface area contributed by atoms with Crippen LogP contribution in [0, 0.1) is 0 Å². The van der Waals surface area contributed by atoms with E-state index in [9.17, 15) is 0 Å². The van der Waals surface area contributed by atoms with Gasteiger partial charge in [-0.15, -0.1) is 0 Å². The molecule has 0 fully saturated rings. The molecule has 0 atom stereocenters. The third-order valence-electron chi connectivity index (χ3n) is 1.58. The monoisotopic (exact) mass is 161 g/mol. The second-order valence-electron chi connectivity index (χ2n) is 2.39. The third-order valence-corrected chi connectivity index (χ3v) is 1.58. The third kappa shape index (κ3) is 1.37. The zero-order valence-corrected chi connectivity index (χ0v) is 5.86. The molecule has 1 aromatic heterocycles. The van der Waals surface area contributed by atoms with Crippen LogP contribution in [-0.2, 0) is 0 Å². The lowest BCUT2D eigenvalue weighted by Crippen LogP contribution is -1.75. The standard InChI is InChI=1S/C9H7NO.CH4/c11-8-5-7-3-1-2-4-9(7)10-6-8;/h1-6,11H;1H4. The van der Waals surface area contributed by atoms with Gasteiger partial charge in [-0.3, -0.25) is 4.98 Å². The van der Waals surface area contributed by atoms with Gasteiger partial charge < -0.3 is 5.11 Å². The SMILES string of the molecule is C.Oc1cnc2ccccc2c1. The van der Waals surface area contributed by atoms with E-state index in [1.54, 1.807) is 6.07 Å². The number of pyridine rings is 1. The Bertz CT molecular complexity index is 384. The Balaban J connectivity index is 0.000000720. The van der Waals surface area contributed by atoms with Crippen LogP contribution in [0.1, 0.15) is 7.43 Å². The Morgan fingerprint density at radius 3 is 2.75 bits per heavy atom. The highest BCUT2D eigenvalue weighted by molar-refractivity contribution is 5.79. The van der Waals surface area contributed by atoms with Gasteiger partial charge in [0.1, 0.15) is 5.75 Å². The second kappa shape index (κ2) is 3.22. The van der Waals surface area contributed by atoms with E-state index in [1.807, 2.05) is 24.3 Å². The fraction of sp³-hybridized carbons (Fsp3) is 0.100. The van der Waals surface area contributed by atoms with E-state index in [0.717, 1.165) is 10.9 Å². The lowest BCUT2D eigenvalue weighted by atomic mass is 10.2. The highest BCUT2D eigenvalue weighted by atomic mass is 16.3. The van der Waals surface area contributed by atoms with Crippen molar-refractivity contribution in [3.63, 3.8) is 0 Å². The van der Waals surface area contributed by atoms with E-state index in [-0.39, 0.29) is 13.2 Å². The minimum absolute atomic E-state index is 0. The van der Waals surface area contributed by atoms with Gasteiger partial charge in [-0.1, -0.05) is 25.6 Å². The van der Waals surface area contributed by atoms with E-state index in [1.165, 1.54) is 6.20 Å². The summed E-state index contributed by atoms with van der Waals surface area (Å²) in [5.74, 6) is 0.212. The maximum absolute atomic E-state index is 9.07. The van der Waals surface area contributed by atoms with Crippen LogP contribution in [-0.4, -0.2) is 10.1 Å². The largest absolute Gasteiger partial charge is 0.506 e. The summed E-state index contributed by atoms with van der Waals surface area (Å²) < 4.78 is 0. The molecular weight excluding hydrogens is 150 g/mol. The molecule has 0 saturated heterocycles. The number of hydrogen-bond acceptors (Lipinski definition) is 2. The van der Waals surface area contributed by atoms with Crippen LogP contribution in [0.2, 0.25) is 0 Å². The van der Waals surface area contributed by atoms with Crippen molar-refractivity contribution < 1.29 is 5.11 Å². The van der Waals surface area contributed by atoms with Gasteiger partial charge in [-0.25, -0.2) is 0 Å². The van der Waals surface area contributed by atoms with Gasteiger partial charge in [0, 0.05) is 5.39 Å². The first-order valence-corrected chi connectivity index (χ1v) is 3.40. The fourth-order valence-electron chi connectivity index (χ4n) is 1.06. The van der Waals surface area contributed by atoms with Crippen LogP contribution in [0.3, 0.4) is 0 Å². The predicted octanol–water partition coefficient (Wildman–Crippen LogP) is 2.58. The molecule has 1 heterocycles. The number of hydrogen-bond donors (Lipinski definition) is 1. The molecule has 1 aromatic carbocycles. The molecule has 62 valence electrons. The molecule has 0 aliphatic carbocycles. The van der Waals surface area contributed by atoms with Crippen molar-refractivity contribution >= 4 is 10.9 Å². The van der Waals surface area contributed by atoms with Crippen LogP contribution in [0.4, 0.5) is 0 Å². The summed E-state index contributed by atoms with van der Waals surface area (Å²) in [6, 6.07) is 9.37. The van der Waals surface area contributed by atoms with E-state index in [4.69, 9.17) is 5.11 Å². The summed E-state index contributed by atoms with van der Waals surface area (Å²) in [6.45, 7) is 0. The average molecular weight is 161 g/mol. The Kier molecular flexibility index (Phi) is 2.29. The molecule has 0 saturated carbocycles. The van der Waals surface area contributed by atoms with Crippen molar-refractivity contribution in [2.75, 3.05) is 0 Å². The molecule has 0 bridgehead atoms. The molecule has 2 aromatic rings. The number of benzene rings is 1. The lowest BCUT2D eigenvalue weighted by Gasteiger charge is -1.95. The van der Waals surface area contributed by atoms with Crippen molar-refractivity contribution in [1.82, 2.24) is 4.98 Å². The topological polar surface area (TPSA) is 33.1 Å². The highest BCUT2D eigenvalue weighted by Gasteiger charge is 1.92. The van der Waals surface area contributed by atoms with Gasteiger partial charge in [0.15, 0.2) is 0 Å². The normalized spacial score (nSPS) is 9.33. The molecule has 0 aliphatic heterocycles. The number of para-hydroxylation sites is 1. The Morgan fingerprint density at radius 1 is 1.17 bits per heavy atom. The van der Waals surface area contributed by atoms with Crippen molar-refractivity contribution in [2.45, 2.75) is 7.43 Å². The van der Waals surface area contributed by atoms with Crippen LogP contribution in [0.5, 0.6) is 5.75 Å². The molecule has 0 unspecified atom stereocenters. The van der Waals surface area contributed by atoms with Crippen molar-refractivity contribution in [3.8, 4) is 5.75 Å². The number of rotatable bonds is 0. The van der Waals surface area contributed by atoms with Crippen LogP contribution < -0.4 is 0 Å². The summed E-state index contributed by atoms with van der Waals surface area (Å²) in [7, 11) is 0. The van der Waals surface area contributed by atoms with E-state index in [2.05, 4.69) is 4.98 Å². The molecule has 12 heavy (non-hydrogen) atoms. The van der Waals surface area contributed by atoms with Gasteiger partial charge >= 0.3 is 0 Å². The molecule has 0 spiro atoms. The van der Waals surface area contributed by atoms with E-state index >= 15 is 0 Å². The first-order chi connectivity index (χ1) is 5.36. The zero-order valence-electron chi connectivity index (χ0n) is 5.86. The minimum Gasteiger partial charge on any atom is -0.506 e. The second-order valence-corrected chi connectivity index (χ2v) is 2.39. The molecule has 2 heteroatoms. The number of nitrogens with zero attached hydrogens (tertiary/aromatic N) is 1. The summed E-state index contributed by atoms with van der Waals surface area (Å²) in [4.78, 5) is 4.03. The number of fused-ring (bicyclic) bond motifs is 1. The van der Waals surface area contributed by atoms with Gasteiger partial charge in [0.2, 0.25) is 0 Å². The minimum atomic E-state index is 0. The van der Waals surface area contributed by atoms with E-state index < -0.39 is 0 Å². The molecule has 0 amide bonds. The lowest BCUT2D eigenvalue weighted by molar-refractivity contribution is 0.474. The van der Waals surface area contributed by atoms with Crippen molar-refractivity contribution in [2.24, 2.45) is 0 Å². The Labute approximate surface area is 71.5 Å². The number of aromatic hydroxyl groups is 1. The smallest absolute Gasteiger partial charge is 0.134 e. The first kappa shape index (κ1) is 8.53. The fourth-order valence-corrected chi connectivity index (χ4v) is 1.06. The van der Waals surface area contributed by atoms with Gasteiger partial charge in [0.05, 0.1) is 11.7 Å². The zero-order chi connectivity index (χ0) is 7.68. The van der Waals surface area contributed by atoms with Gasteiger partial charge in [0.25, 0.3) is 0 Å². The van der Waals surface area contributed by atoms with Crippen molar-refractivity contribution in [1.29, 1.82) is 0 Å². The molecule has 1 N–H and O–H groups in total. The van der Waals surface area contributed by atoms with Crippen LogP contribution in [0.25, 0.3) is 10.9 Å². The Hall–Kier alpha value is -1.57. The highest BCUT2D eigenvalue weighted by Crippen LogP contribution is 2.15. The van der Waals surface area contributed by atoms with Crippen LogP contribution >= 0.6 is 0 Å². The first-order valence-electron chi connectivity index (χ1n) is 3.40. The maximum Gasteiger partial charge on any atom is 0.134 e.